The zero-order valence-corrected chi connectivity index (χ0v) is 20.9. The number of ether oxygens (including phenoxy) is 1. The fraction of sp³-hybridized carbons (Fsp3) is 0.417. The molecule has 1 N–H and O–H groups in total. The summed E-state index contributed by atoms with van der Waals surface area (Å²) >= 11 is 1.04. The molecule has 1 aromatic heterocycles. The summed E-state index contributed by atoms with van der Waals surface area (Å²) in [5.41, 5.74) is -0.426. The van der Waals surface area contributed by atoms with Gasteiger partial charge in [-0.2, -0.15) is 17.6 Å². The zero-order chi connectivity index (χ0) is 27.2. The van der Waals surface area contributed by atoms with Gasteiger partial charge in [-0.15, -0.1) is 0 Å². The SMILES string of the molecule is CN(C)C(=O)/C=C/CCCC(=O)Nc1cccn(CC2=NC3C=CC=C(OC(F)(F)C(F)F)C3S2)c1=O. The molecule has 1 aromatic rings. The van der Waals surface area contributed by atoms with Crippen molar-refractivity contribution in [3.05, 3.63) is 64.8 Å². The summed E-state index contributed by atoms with van der Waals surface area (Å²) in [6.45, 7) is -0.00271. The van der Waals surface area contributed by atoms with Crippen molar-refractivity contribution in [1.82, 2.24) is 9.47 Å². The minimum atomic E-state index is -4.63. The number of hydrogen-bond acceptors (Lipinski definition) is 6. The summed E-state index contributed by atoms with van der Waals surface area (Å²) in [6, 6.07) is 2.42. The topological polar surface area (TPSA) is 93.0 Å². The molecular formula is C24H26F4N4O4S. The molecule has 0 fully saturated rings. The van der Waals surface area contributed by atoms with Crippen LogP contribution in [0.1, 0.15) is 19.3 Å². The molecule has 0 aromatic carbocycles. The van der Waals surface area contributed by atoms with E-state index in [9.17, 15) is 31.9 Å². The van der Waals surface area contributed by atoms with E-state index in [1.54, 1.807) is 32.3 Å². The van der Waals surface area contributed by atoms with Gasteiger partial charge in [-0.05, 0) is 37.1 Å². The van der Waals surface area contributed by atoms with Gasteiger partial charge in [0.05, 0.1) is 22.9 Å². The van der Waals surface area contributed by atoms with Crippen molar-refractivity contribution >= 4 is 34.3 Å². The molecule has 8 nitrogen and oxygen atoms in total. The van der Waals surface area contributed by atoms with Crippen LogP contribution >= 0.6 is 11.8 Å². The van der Waals surface area contributed by atoms with Crippen LogP contribution in [0.3, 0.4) is 0 Å². The first kappa shape index (κ1) is 28.2. The average molecular weight is 543 g/mol. The number of anilines is 1. The first-order valence-corrected chi connectivity index (χ1v) is 12.2. The molecule has 0 saturated carbocycles. The number of carbonyl (C=O) groups excluding carboxylic acids is 2. The van der Waals surface area contributed by atoms with Crippen molar-refractivity contribution in [2.75, 3.05) is 19.4 Å². The number of amides is 2. The van der Waals surface area contributed by atoms with Crippen molar-refractivity contribution in [3.8, 4) is 0 Å². The second kappa shape index (κ2) is 12.3. The molecule has 0 bridgehead atoms. The lowest BCUT2D eigenvalue weighted by atomic mass is 10.1. The number of aliphatic imine (C=N–C) groups is 1. The van der Waals surface area contributed by atoms with Crippen molar-refractivity contribution in [2.45, 2.75) is 49.6 Å². The van der Waals surface area contributed by atoms with Crippen LogP contribution in [-0.4, -0.2) is 64.2 Å². The second-order valence-corrected chi connectivity index (χ2v) is 9.62. The summed E-state index contributed by atoms with van der Waals surface area (Å²) in [4.78, 5) is 42.4. The highest BCUT2D eigenvalue weighted by atomic mass is 32.2. The van der Waals surface area contributed by atoms with E-state index >= 15 is 0 Å². The third-order valence-corrected chi connectivity index (χ3v) is 6.57. The van der Waals surface area contributed by atoms with Crippen LogP contribution in [0, 0.1) is 0 Å². The average Bonchev–Trinajstić information content (AvgIpc) is 3.24. The maximum Gasteiger partial charge on any atom is 0.460 e. The first-order valence-electron chi connectivity index (χ1n) is 11.3. The van der Waals surface area contributed by atoms with Gasteiger partial charge in [0, 0.05) is 26.7 Å². The van der Waals surface area contributed by atoms with Gasteiger partial charge in [0.15, 0.2) is 0 Å². The molecule has 2 unspecified atom stereocenters. The van der Waals surface area contributed by atoms with E-state index in [4.69, 9.17) is 0 Å². The predicted octanol–water partition coefficient (Wildman–Crippen LogP) is 3.81. The fourth-order valence-corrected chi connectivity index (χ4v) is 4.63. The number of thioether (sulfide) groups is 1. The number of aromatic nitrogens is 1. The third-order valence-electron chi connectivity index (χ3n) is 5.30. The Hall–Kier alpha value is -3.35. The van der Waals surface area contributed by atoms with Gasteiger partial charge in [-0.3, -0.25) is 19.4 Å². The largest absolute Gasteiger partial charge is 0.460 e. The van der Waals surface area contributed by atoms with Crippen molar-refractivity contribution in [1.29, 1.82) is 0 Å². The van der Waals surface area contributed by atoms with Crippen LogP contribution in [0.15, 0.2) is 64.3 Å². The zero-order valence-electron chi connectivity index (χ0n) is 20.1. The van der Waals surface area contributed by atoms with E-state index in [0.29, 0.717) is 17.9 Å². The normalized spacial score (nSPS) is 19.0. The summed E-state index contributed by atoms with van der Waals surface area (Å²) in [6.07, 6.45) is 1.36. The predicted molar refractivity (Wildman–Crippen MR) is 133 cm³/mol. The van der Waals surface area contributed by atoms with Crippen LogP contribution in [0.5, 0.6) is 0 Å². The van der Waals surface area contributed by atoms with Gasteiger partial charge in [0.2, 0.25) is 11.8 Å². The minimum Gasteiger partial charge on any atom is -0.432 e. The Morgan fingerprint density at radius 3 is 2.81 bits per heavy atom. The van der Waals surface area contributed by atoms with Crippen LogP contribution in [0.4, 0.5) is 23.2 Å². The molecule has 2 atom stereocenters. The Balaban J connectivity index is 1.57. The number of pyridine rings is 1. The third kappa shape index (κ3) is 7.57. The summed E-state index contributed by atoms with van der Waals surface area (Å²) in [5, 5.41) is 2.23. The van der Waals surface area contributed by atoms with Gasteiger partial charge >= 0.3 is 12.5 Å². The molecule has 1 aliphatic carbocycles. The molecule has 200 valence electrons. The highest BCUT2D eigenvalue weighted by Crippen LogP contribution is 2.39. The van der Waals surface area contributed by atoms with Crippen molar-refractivity contribution < 1.29 is 31.9 Å². The fourth-order valence-electron chi connectivity index (χ4n) is 3.41. The van der Waals surface area contributed by atoms with E-state index in [-0.39, 0.29) is 36.2 Å². The number of likely N-dealkylation sites (N-methyl/N-ethyl adjacent to an activating group) is 1. The van der Waals surface area contributed by atoms with Gasteiger partial charge in [0.25, 0.3) is 5.56 Å². The molecular weight excluding hydrogens is 516 g/mol. The maximum absolute atomic E-state index is 13.4. The summed E-state index contributed by atoms with van der Waals surface area (Å²) in [7, 11) is 3.27. The Bertz CT molecular complexity index is 1190. The first-order chi connectivity index (χ1) is 17.5. The lowest BCUT2D eigenvalue weighted by Crippen LogP contribution is -2.34. The molecule has 13 heteroatoms. The molecule has 37 heavy (non-hydrogen) atoms. The molecule has 2 aliphatic rings. The molecule has 2 amide bonds. The summed E-state index contributed by atoms with van der Waals surface area (Å²) in [5.74, 6) is -0.839. The lowest BCUT2D eigenvalue weighted by molar-refractivity contribution is -0.282. The quantitative estimate of drug-likeness (QED) is 0.261. The Morgan fingerprint density at radius 1 is 1.35 bits per heavy atom. The number of fused-ring (bicyclic) bond motifs is 1. The maximum atomic E-state index is 13.4. The molecule has 2 heterocycles. The Kier molecular flexibility index (Phi) is 9.35. The van der Waals surface area contributed by atoms with Gasteiger partial charge in [0.1, 0.15) is 11.4 Å². The minimum absolute atomic E-state index is 0.00271. The summed E-state index contributed by atoms with van der Waals surface area (Å²) < 4.78 is 57.6. The molecule has 0 saturated heterocycles. The Labute approximate surface area is 214 Å². The van der Waals surface area contributed by atoms with E-state index in [1.165, 1.54) is 40.0 Å². The highest BCUT2D eigenvalue weighted by molar-refractivity contribution is 8.15. The monoisotopic (exact) mass is 542 g/mol. The number of alkyl halides is 4. The standard InChI is InChI=1S/C24H26F4N4O4S/c1-31(2)20(34)12-5-3-4-11-18(33)29-16-9-7-13-32(22(16)35)14-19-30-15-8-6-10-17(21(15)37-19)36-24(27,28)23(25)26/h5-10,12-13,15,21,23H,3-4,11,14H2,1-2H3,(H,29,33)/b12-5+. The highest BCUT2D eigenvalue weighted by Gasteiger charge is 2.47. The number of nitrogens with zero attached hydrogens (tertiary/aromatic N) is 3. The smallest absolute Gasteiger partial charge is 0.432 e. The van der Waals surface area contributed by atoms with Crippen LogP contribution < -0.4 is 10.9 Å². The molecule has 0 radical (unpaired) electrons. The molecule has 3 rings (SSSR count). The molecule has 1 aliphatic heterocycles. The van der Waals surface area contributed by atoms with Crippen LogP contribution in [0.2, 0.25) is 0 Å². The van der Waals surface area contributed by atoms with E-state index in [0.717, 1.165) is 11.8 Å². The number of carbonyl (C=O) groups is 2. The number of unbranched alkanes of at least 4 members (excludes halogenated alkanes) is 1. The number of allylic oxidation sites excluding steroid dienone is 3. The van der Waals surface area contributed by atoms with Gasteiger partial charge < -0.3 is 19.5 Å². The number of hydrogen-bond donors (Lipinski definition) is 1. The number of rotatable bonds is 11. The second-order valence-electron chi connectivity index (χ2n) is 8.40. The van der Waals surface area contributed by atoms with E-state index in [2.05, 4.69) is 15.0 Å². The van der Waals surface area contributed by atoms with Crippen molar-refractivity contribution in [3.63, 3.8) is 0 Å². The van der Waals surface area contributed by atoms with E-state index < -0.39 is 29.4 Å². The van der Waals surface area contributed by atoms with Crippen LogP contribution in [0.25, 0.3) is 0 Å². The Morgan fingerprint density at radius 2 is 2.11 bits per heavy atom. The van der Waals surface area contributed by atoms with Gasteiger partial charge in [-0.25, -0.2) is 0 Å². The number of halogens is 4. The van der Waals surface area contributed by atoms with Crippen LogP contribution in [-0.2, 0) is 20.9 Å². The lowest BCUT2D eigenvalue weighted by Gasteiger charge is -2.25. The van der Waals surface area contributed by atoms with Crippen molar-refractivity contribution in [2.24, 2.45) is 4.99 Å². The number of nitrogens with one attached hydrogen (secondary N) is 1. The van der Waals surface area contributed by atoms with Gasteiger partial charge in [-0.1, -0.05) is 30.0 Å². The molecule has 0 spiro atoms. The van der Waals surface area contributed by atoms with E-state index in [1.807, 2.05) is 0 Å².